The Labute approximate surface area is 124 Å². The van der Waals surface area contributed by atoms with Crippen molar-refractivity contribution in [2.75, 3.05) is 6.61 Å². The number of carbonyl (C=O) groups is 3. The zero-order valence-electron chi connectivity index (χ0n) is 11.4. The van der Waals surface area contributed by atoms with E-state index in [1.165, 1.54) is 0 Å². The second-order valence-corrected chi connectivity index (χ2v) is 4.51. The molecule has 0 aliphatic rings. The summed E-state index contributed by atoms with van der Waals surface area (Å²) in [4.78, 5) is 32.8. The van der Waals surface area contributed by atoms with Crippen molar-refractivity contribution >= 4 is 17.8 Å². The van der Waals surface area contributed by atoms with Gasteiger partial charge in [-0.25, -0.2) is 4.79 Å². The molecule has 22 heavy (non-hydrogen) atoms. The lowest BCUT2D eigenvalue weighted by Crippen LogP contribution is -2.54. The van der Waals surface area contributed by atoms with Crippen molar-refractivity contribution in [3.8, 4) is 0 Å². The summed E-state index contributed by atoms with van der Waals surface area (Å²) < 4.78 is 0. The SMILES string of the molecule is O=C(O)CC[C@H](NC(=O)[C@H](O)[C@H](O)[C@H](O)[C@H](O)CO)C(=O)O. The summed E-state index contributed by atoms with van der Waals surface area (Å²) in [5, 5.41) is 65.0. The number of hydrogen-bond acceptors (Lipinski definition) is 8. The number of hydrogen-bond donors (Lipinski definition) is 8. The lowest BCUT2D eigenvalue weighted by molar-refractivity contribution is -0.153. The molecule has 0 aromatic rings. The van der Waals surface area contributed by atoms with Gasteiger partial charge >= 0.3 is 11.9 Å². The van der Waals surface area contributed by atoms with E-state index in [2.05, 4.69) is 0 Å². The minimum atomic E-state index is -2.29. The van der Waals surface area contributed by atoms with Crippen molar-refractivity contribution < 1.29 is 50.1 Å². The van der Waals surface area contributed by atoms with Crippen LogP contribution in [-0.4, -0.2) is 90.7 Å². The van der Waals surface area contributed by atoms with Crippen LogP contribution in [0.2, 0.25) is 0 Å². The lowest BCUT2D eigenvalue weighted by atomic mass is 10.0. The lowest BCUT2D eigenvalue weighted by Gasteiger charge is -2.25. The first-order chi connectivity index (χ1) is 10.1. The van der Waals surface area contributed by atoms with Crippen molar-refractivity contribution in [1.29, 1.82) is 0 Å². The van der Waals surface area contributed by atoms with Gasteiger partial charge < -0.3 is 41.1 Å². The first kappa shape index (κ1) is 20.2. The first-order valence-electron chi connectivity index (χ1n) is 6.19. The third kappa shape index (κ3) is 6.32. The zero-order valence-corrected chi connectivity index (χ0v) is 11.4. The molecule has 0 heterocycles. The zero-order chi connectivity index (χ0) is 17.4. The van der Waals surface area contributed by atoms with Crippen LogP contribution in [-0.2, 0) is 14.4 Å². The molecule has 0 aromatic heterocycles. The van der Waals surface area contributed by atoms with Gasteiger partial charge in [-0.3, -0.25) is 9.59 Å². The summed E-state index contributed by atoms with van der Waals surface area (Å²) >= 11 is 0. The Morgan fingerprint density at radius 1 is 0.955 bits per heavy atom. The van der Waals surface area contributed by atoms with Crippen molar-refractivity contribution in [2.24, 2.45) is 0 Å². The van der Waals surface area contributed by atoms with Crippen molar-refractivity contribution in [1.82, 2.24) is 5.32 Å². The van der Waals surface area contributed by atoms with E-state index < -0.39 is 67.8 Å². The van der Waals surface area contributed by atoms with Gasteiger partial charge in [-0.2, -0.15) is 0 Å². The number of amides is 1. The molecule has 0 saturated heterocycles. The fourth-order valence-corrected chi connectivity index (χ4v) is 1.46. The topological polar surface area (TPSA) is 205 Å². The number of aliphatic carboxylic acids is 2. The van der Waals surface area contributed by atoms with Gasteiger partial charge in [0.2, 0.25) is 0 Å². The highest BCUT2D eigenvalue weighted by Gasteiger charge is 2.35. The second kappa shape index (κ2) is 9.27. The van der Waals surface area contributed by atoms with E-state index in [0.29, 0.717) is 0 Å². The summed E-state index contributed by atoms with van der Waals surface area (Å²) in [6.07, 6.45) is -9.35. The summed E-state index contributed by atoms with van der Waals surface area (Å²) in [5.74, 6) is -4.22. The number of nitrogens with one attached hydrogen (secondary N) is 1. The Kier molecular flexibility index (Phi) is 8.52. The molecule has 0 aromatic carbocycles. The highest BCUT2D eigenvalue weighted by Crippen LogP contribution is 2.07. The Morgan fingerprint density at radius 3 is 1.91 bits per heavy atom. The van der Waals surface area contributed by atoms with Gasteiger partial charge in [-0.1, -0.05) is 0 Å². The Morgan fingerprint density at radius 2 is 1.50 bits per heavy atom. The van der Waals surface area contributed by atoms with Crippen LogP contribution in [0.4, 0.5) is 0 Å². The molecule has 1 amide bonds. The van der Waals surface area contributed by atoms with Crippen molar-refractivity contribution in [3.63, 3.8) is 0 Å². The molecule has 11 nitrogen and oxygen atoms in total. The molecule has 0 radical (unpaired) electrons. The van der Waals surface area contributed by atoms with E-state index in [9.17, 15) is 29.7 Å². The van der Waals surface area contributed by atoms with Gasteiger partial charge in [0, 0.05) is 6.42 Å². The van der Waals surface area contributed by atoms with Crippen LogP contribution < -0.4 is 5.32 Å². The molecule has 11 heteroatoms. The van der Waals surface area contributed by atoms with Gasteiger partial charge in [-0.05, 0) is 6.42 Å². The van der Waals surface area contributed by atoms with Crippen LogP contribution in [0, 0.1) is 0 Å². The Balaban J connectivity index is 4.71. The first-order valence-corrected chi connectivity index (χ1v) is 6.19. The normalized spacial score (nSPS) is 17.9. The van der Waals surface area contributed by atoms with E-state index in [1.54, 1.807) is 5.32 Å². The standard InChI is InChI=1S/C11H19NO10/c13-3-5(14)7(17)8(18)9(19)10(20)12-4(11(21)22)1-2-6(15)16/h4-5,7-9,13-14,17-19H,1-3H2,(H,12,20)(H,15,16)(H,21,22)/t4-,5+,7+,8+,9+/m0/s1. The molecule has 0 bridgehead atoms. The number of carboxylic acids is 2. The third-order valence-corrected chi connectivity index (χ3v) is 2.78. The second-order valence-electron chi connectivity index (χ2n) is 4.51. The summed E-state index contributed by atoms with van der Waals surface area (Å²) in [7, 11) is 0. The summed E-state index contributed by atoms with van der Waals surface area (Å²) in [6, 6.07) is -1.62. The van der Waals surface area contributed by atoms with Gasteiger partial charge in [0.05, 0.1) is 6.61 Å². The van der Waals surface area contributed by atoms with Crippen LogP contribution >= 0.6 is 0 Å². The number of carboxylic acid groups (broad SMARTS) is 2. The van der Waals surface area contributed by atoms with Crippen LogP contribution in [0.5, 0.6) is 0 Å². The predicted octanol–water partition coefficient (Wildman–Crippen LogP) is -4.14. The average molecular weight is 325 g/mol. The fourth-order valence-electron chi connectivity index (χ4n) is 1.46. The molecule has 0 aliphatic carbocycles. The number of rotatable bonds is 10. The van der Waals surface area contributed by atoms with Gasteiger partial charge in [0.1, 0.15) is 24.4 Å². The maximum absolute atomic E-state index is 11.6. The molecule has 0 aliphatic heterocycles. The number of aliphatic hydroxyl groups is 5. The average Bonchev–Trinajstić information content (AvgIpc) is 2.47. The largest absolute Gasteiger partial charge is 0.481 e. The molecule has 0 spiro atoms. The minimum absolute atomic E-state index is 0.457. The molecule has 0 rings (SSSR count). The maximum Gasteiger partial charge on any atom is 0.326 e. The van der Waals surface area contributed by atoms with E-state index in [1.807, 2.05) is 0 Å². The smallest absolute Gasteiger partial charge is 0.326 e. The number of aliphatic hydroxyl groups excluding tert-OH is 5. The molecule has 128 valence electrons. The molecule has 0 saturated carbocycles. The molecular formula is C11H19NO10. The highest BCUT2D eigenvalue weighted by atomic mass is 16.4. The summed E-state index contributed by atoms with van der Waals surface area (Å²) in [6.45, 7) is -0.942. The van der Waals surface area contributed by atoms with Crippen LogP contribution in [0.3, 0.4) is 0 Å². The fraction of sp³-hybridized carbons (Fsp3) is 0.727. The maximum atomic E-state index is 11.6. The monoisotopic (exact) mass is 325 g/mol. The van der Waals surface area contributed by atoms with Gasteiger partial charge in [0.25, 0.3) is 5.91 Å². The predicted molar refractivity (Wildman–Crippen MR) is 67.5 cm³/mol. The number of carbonyl (C=O) groups excluding carboxylic acids is 1. The Bertz CT molecular complexity index is 400. The van der Waals surface area contributed by atoms with Gasteiger partial charge in [-0.15, -0.1) is 0 Å². The summed E-state index contributed by atoms with van der Waals surface area (Å²) in [5.41, 5.74) is 0. The van der Waals surface area contributed by atoms with Gasteiger partial charge in [0.15, 0.2) is 6.10 Å². The third-order valence-electron chi connectivity index (χ3n) is 2.78. The highest BCUT2D eigenvalue weighted by molar-refractivity contribution is 5.86. The van der Waals surface area contributed by atoms with Crippen molar-refractivity contribution in [2.45, 2.75) is 43.3 Å². The molecule has 0 unspecified atom stereocenters. The minimum Gasteiger partial charge on any atom is -0.481 e. The van der Waals surface area contributed by atoms with E-state index in [4.69, 9.17) is 20.4 Å². The molecule has 8 N–H and O–H groups in total. The quantitative estimate of drug-likeness (QED) is 0.194. The molecular weight excluding hydrogens is 306 g/mol. The van der Waals surface area contributed by atoms with E-state index in [0.717, 1.165) is 0 Å². The van der Waals surface area contributed by atoms with Crippen LogP contribution in [0.15, 0.2) is 0 Å². The molecule has 0 fully saturated rings. The van der Waals surface area contributed by atoms with E-state index in [-0.39, 0.29) is 0 Å². The van der Waals surface area contributed by atoms with E-state index >= 15 is 0 Å². The van der Waals surface area contributed by atoms with Crippen LogP contribution in [0.25, 0.3) is 0 Å². The van der Waals surface area contributed by atoms with Crippen molar-refractivity contribution in [3.05, 3.63) is 0 Å². The van der Waals surface area contributed by atoms with Crippen LogP contribution in [0.1, 0.15) is 12.8 Å². The molecule has 5 atom stereocenters. The Hall–Kier alpha value is -1.79.